The Kier molecular flexibility index (Phi) is 3.77. The van der Waals surface area contributed by atoms with Gasteiger partial charge in [-0.2, -0.15) is 0 Å². The Morgan fingerprint density at radius 1 is 1.27 bits per heavy atom. The lowest BCUT2D eigenvalue weighted by Crippen LogP contribution is -2.44. The number of allylic oxidation sites excluding steroid dienone is 2. The molecule has 0 aliphatic heterocycles. The van der Waals surface area contributed by atoms with Crippen molar-refractivity contribution >= 4 is 0 Å². The van der Waals surface area contributed by atoms with Gasteiger partial charge in [0, 0.05) is 5.41 Å². The van der Waals surface area contributed by atoms with Crippen LogP contribution in [-0.2, 0) is 0 Å². The molecule has 1 aliphatic rings. The molecule has 0 radical (unpaired) electrons. The fraction of sp³-hybridized carbons (Fsp3) is 0.714. The maximum atomic E-state index is 10.2. The van der Waals surface area contributed by atoms with Crippen LogP contribution in [0.15, 0.2) is 24.3 Å². The summed E-state index contributed by atoms with van der Waals surface area (Å²) < 4.78 is 0. The Labute approximate surface area is 93.9 Å². The molecule has 0 amide bonds. The maximum absolute atomic E-state index is 10.2. The quantitative estimate of drug-likeness (QED) is 0.750. The van der Waals surface area contributed by atoms with Crippen LogP contribution in [0.5, 0.6) is 0 Å². The minimum absolute atomic E-state index is 0.0856. The third-order valence-electron chi connectivity index (χ3n) is 3.67. The van der Waals surface area contributed by atoms with Gasteiger partial charge in [0.15, 0.2) is 0 Å². The summed E-state index contributed by atoms with van der Waals surface area (Å²) in [5.74, 6) is 0. The van der Waals surface area contributed by atoms with Crippen molar-refractivity contribution in [3.8, 4) is 0 Å². The van der Waals surface area contributed by atoms with Crippen molar-refractivity contribution in [2.45, 2.75) is 53.1 Å². The Morgan fingerprint density at radius 2 is 1.93 bits per heavy atom. The highest BCUT2D eigenvalue weighted by Gasteiger charge is 2.44. The second kappa shape index (κ2) is 4.52. The average molecular weight is 208 g/mol. The van der Waals surface area contributed by atoms with Crippen molar-refractivity contribution in [1.29, 1.82) is 0 Å². The van der Waals surface area contributed by atoms with Gasteiger partial charge in [-0.3, -0.25) is 0 Å². The van der Waals surface area contributed by atoms with E-state index in [9.17, 15) is 5.11 Å². The first-order valence-corrected chi connectivity index (χ1v) is 5.98. The lowest BCUT2D eigenvalue weighted by molar-refractivity contribution is 0.00160. The monoisotopic (exact) mass is 208 g/mol. The van der Waals surface area contributed by atoms with E-state index < -0.39 is 0 Å². The first-order chi connectivity index (χ1) is 6.94. The smallest absolute Gasteiger partial charge is 0.0819 e. The molecule has 1 heteroatoms. The second-order valence-electron chi connectivity index (χ2n) is 5.58. The first kappa shape index (κ1) is 12.5. The average Bonchev–Trinajstić information content (AvgIpc) is 2.15. The summed E-state index contributed by atoms with van der Waals surface area (Å²) in [5, 5.41) is 10.2. The predicted octanol–water partition coefficient (Wildman–Crippen LogP) is 3.70. The molecule has 1 nitrogen and oxygen atoms in total. The molecule has 0 aromatic rings. The largest absolute Gasteiger partial charge is 0.388 e. The van der Waals surface area contributed by atoms with Crippen LogP contribution < -0.4 is 0 Å². The third kappa shape index (κ3) is 2.34. The Morgan fingerprint density at radius 3 is 2.40 bits per heavy atom. The highest BCUT2D eigenvalue weighted by Crippen LogP contribution is 2.48. The van der Waals surface area contributed by atoms with Gasteiger partial charge in [0.1, 0.15) is 0 Å². The van der Waals surface area contributed by atoms with Crippen LogP contribution in [0.4, 0.5) is 0 Å². The zero-order valence-corrected chi connectivity index (χ0v) is 10.5. The van der Waals surface area contributed by atoms with Crippen LogP contribution in [-0.4, -0.2) is 11.2 Å². The molecule has 0 saturated carbocycles. The summed E-state index contributed by atoms with van der Waals surface area (Å²) in [6.45, 7) is 8.85. The predicted molar refractivity (Wildman–Crippen MR) is 65.7 cm³/mol. The van der Waals surface area contributed by atoms with Crippen molar-refractivity contribution < 1.29 is 5.11 Å². The van der Waals surface area contributed by atoms with E-state index in [2.05, 4.69) is 39.8 Å². The van der Waals surface area contributed by atoms with Gasteiger partial charge < -0.3 is 5.11 Å². The summed E-state index contributed by atoms with van der Waals surface area (Å²) in [4.78, 5) is 0. The van der Waals surface area contributed by atoms with Gasteiger partial charge in [0.05, 0.1) is 6.10 Å². The summed E-state index contributed by atoms with van der Waals surface area (Å²) in [7, 11) is 0. The van der Waals surface area contributed by atoms with Crippen LogP contribution in [0.25, 0.3) is 0 Å². The molecule has 0 saturated heterocycles. The normalized spacial score (nSPS) is 30.9. The number of hydrogen-bond donors (Lipinski definition) is 1. The van der Waals surface area contributed by atoms with Crippen molar-refractivity contribution in [3.05, 3.63) is 24.3 Å². The Bertz CT molecular complexity index is 257. The molecular formula is C14H24O. The van der Waals surface area contributed by atoms with Gasteiger partial charge in [0.2, 0.25) is 0 Å². The van der Waals surface area contributed by atoms with E-state index in [4.69, 9.17) is 0 Å². The van der Waals surface area contributed by atoms with Gasteiger partial charge in [-0.15, -0.1) is 0 Å². The minimum atomic E-state index is -0.339. The molecule has 0 fully saturated rings. The molecule has 86 valence electrons. The third-order valence-corrected chi connectivity index (χ3v) is 3.67. The van der Waals surface area contributed by atoms with Crippen molar-refractivity contribution in [1.82, 2.24) is 0 Å². The SMILES string of the molecule is CCCCC1(C(C)(C)C)C=CC=CC1O. The van der Waals surface area contributed by atoms with Crippen molar-refractivity contribution in [3.63, 3.8) is 0 Å². The topological polar surface area (TPSA) is 20.2 Å². The summed E-state index contributed by atoms with van der Waals surface area (Å²) in [5.41, 5.74) is 0.0145. The van der Waals surface area contributed by atoms with Crippen LogP contribution in [0.3, 0.4) is 0 Å². The van der Waals surface area contributed by atoms with E-state index in [0.717, 1.165) is 6.42 Å². The molecule has 0 heterocycles. The van der Waals surface area contributed by atoms with Crippen LogP contribution in [0.1, 0.15) is 47.0 Å². The molecule has 1 aliphatic carbocycles. The molecule has 0 spiro atoms. The van der Waals surface area contributed by atoms with Gasteiger partial charge in [-0.05, 0) is 11.8 Å². The molecule has 1 rings (SSSR count). The number of hydrogen-bond acceptors (Lipinski definition) is 1. The Balaban J connectivity index is 2.96. The van der Waals surface area contributed by atoms with Crippen LogP contribution in [0, 0.1) is 10.8 Å². The van der Waals surface area contributed by atoms with E-state index in [1.807, 2.05) is 12.2 Å². The van der Waals surface area contributed by atoms with Crippen LogP contribution >= 0.6 is 0 Å². The lowest BCUT2D eigenvalue weighted by atomic mass is 9.59. The highest BCUT2D eigenvalue weighted by molar-refractivity contribution is 5.23. The van der Waals surface area contributed by atoms with E-state index in [0.29, 0.717) is 0 Å². The number of unbranched alkanes of at least 4 members (excludes halogenated alkanes) is 1. The molecule has 2 atom stereocenters. The lowest BCUT2D eigenvalue weighted by Gasteiger charge is -2.46. The number of aliphatic hydroxyl groups is 1. The number of aliphatic hydroxyl groups excluding tert-OH is 1. The molecule has 0 bridgehead atoms. The van der Waals surface area contributed by atoms with E-state index in [1.165, 1.54) is 12.8 Å². The van der Waals surface area contributed by atoms with E-state index in [-0.39, 0.29) is 16.9 Å². The minimum Gasteiger partial charge on any atom is -0.388 e. The highest BCUT2D eigenvalue weighted by atomic mass is 16.3. The molecule has 15 heavy (non-hydrogen) atoms. The first-order valence-electron chi connectivity index (χ1n) is 5.98. The van der Waals surface area contributed by atoms with Gasteiger partial charge in [0.25, 0.3) is 0 Å². The zero-order chi connectivity index (χ0) is 11.5. The molecule has 0 aromatic carbocycles. The molecular weight excluding hydrogens is 184 g/mol. The van der Waals surface area contributed by atoms with E-state index in [1.54, 1.807) is 0 Å². The molecule has 2 unspecified atom stereocenters. The van der Waals surface area contributed by atoms with Crippen molar-refractivity contribution in [2.75, 3.05) is 0 Å². The molecule has 0 aromatic heterocycles. The molecule has 1 N–H and O–H groups in total. The summed E-state index contributed by atoms with van der Waals surface area (Å²) in [6, 6.07) is 0. The summed E-state index contributed by atoms with van der Waals surface area (Å²) >= 11 is 0. The van der Waals surface area contributed by atoms with Crippen molar-refractivity contribution in [2.24, 2.45) is 10.8 Å². The zero-order valence-electron chi connectivity index (χ0n) is 10.5. The maximum Gasteiger partial charge on any atom is 0.0819 e. The summed E-state index contributed by atoms with van der Waals surface area (Å²) in [6.07, 6.45) is 11.2. The van der Waals surface area contributed by atoms with Gasteiger partial charge in [-0.1, -0.05) is 64.8 Å². The fourth-order valence-electron chi connectivity index (χ4n) is 2.44. The van der Waals surface area contributed by atoms with Gasteiger partial charge >= 0.3 is 0 Å². The van der Waals surface area contributed by atoms with Gasteiger partial charge in [-0.25, -0.2) is 0 Å². The standard InChI is InChI=1S/C14H24O/c1-5-6-10-14(13(2,3)4)11-8-7-9-12(14)15/h7-9,11-12,15H,5-6,10H2,1-4H3. The number of rotatable bonds is 3. The Hall–Kier alpha value is -0.560. The van der Waals surface area contributed by atoms with E-state index >= 15 is 0 Å². The van der Waals surface area contributed by atoms with Crippen LogP contribution in [0.2, 0.25) is 0 Å². The second-order valence-corrected chi connectivity index (χ2v) is 5.58. The fourth-order valence-corrected chi connectivity index (χ4v) is 2.44.